The molecular formula is C14H19N3O3. The fourth-order valence-electron chi connectivity index (χ4n) is 2.33. The van der Waals surface area contributed by atoms with Crippen molar-refractivity contribution in [3.63, 3.8) is 0 Å². The number of nitrogens with zero attached hydrogens (tertiary/aromatic N) is 2. The summed E-state index contributed by atoms with van der Waals surface area (Å²) in [5, 5.41) is 8.80. The fraction of sp³-hybridized carbons (Fsp3) is 0.429. The van der Waals surface area contributed by atoms with Gasteiger partial charge in [-0.1, -0.05) is 0 Å². The SMILES string of the molecule is Nc1ccc(C(=O)N2CCCN(CC(=O)O)CC2)cc1. The van der Waals surface area contributed by atoms with Crippen molar-refractivity contribution in [1.82, 2.24) is 9.80 Å². The molecule has 108 valence electrons. The minimum atomic E-state index is -0.830. The summed E-state index contributed by atoms with van der Waals surface area (Å²) in [6.45, 7) is 2.53. The third kappa shape index (κ3) is 3.71. The zero-order valence-corrected chi connectivity index (χ0v) is 11.3. The number of aliphatic carboxylic acids is 1. The Kier molecular flexibility index (Phi) is 4.57. The zero-order valence-electron chi connectivity index (χ0n) is 11.3. The van der Waals surface area contributed by atoms with E-state index in [4.69, 9.17) is 10.8 Å². The average Bonchev–Trinajstić information content (AvgIpc) is 2.64. The molecule has 0 aliphatic carbocycles. The van der Waals surface area contributed by atoms with Gasteiger partial charge in [0.05, 0.1) is 6.54 Å². The largest absolute Gasteiger partial charge is 0.480 e. The number of carboxylic acids is 1. The molecule has 0 bridgehead atoms. The van der Waals surface area contributed by atoms with Crippen molar-refractivity contribution < 1.29 is 14.7 Å². The van der Waals surface area contributed by atoms with Gasteiger partial charge in [0.25, 0.3) is 5.91 Å². The number of hydrogen-bond acceptors (Lipinski definition) is 4. The van der Waals surface area contributed by atoms with Crippen LogP contribution in [0.4, 0.5) is 5.69 Å². The van der Waals surface area contributed by atoms with Crippen molar-refractivity contribution in [2.75, 3.05) is 38.5 Å². The molecule has 20 heavy (non-hydrogen) atoms. The molecule has 1 fully saturated rings. The summed E-state index contributed by atoms with van der Waals surface area (Å²) in [6.07, 6.45) is 0.786. The Labute approximate surface area is 117 Å². The van der Waals surface area contributed by atoms with E-state index in [1.807, 2.05) is 4.90 Å². The molecule has 0 spiro atoms. The number of nitrogen functional groups attached to an aromatic ring is 1. The molecule has 0 radical (unpaired) electrons. The molecule has 1 aromatic carbocycles. The lowest BCUT2D eigenvalue weighted by Gasteiger charge is -2.21. The maximum absolute atomic E-state index is 12.3. The third-order valence-electron chi connectivity index (χ3n) is 3.39. The van der Waals surface area contributed by atoms with Gasteiger partial charge in [-0.3, -0.25) is 14.5 Å². The van der Waals surface area contributed by atoms with Gasteiger partial charge < -0.3 is 15.7 Å². The van der Waals surface area contributed by atoms with Crippen LogP contribution in [0.15, 0.2) is 24.3 Å². The van der Waals surface area contributed by atoms with E-state index in [1.54, 1.807) is 29.2 Å². The van der Waals surface area contributed by atoms with Crippen molar-refractivity contribution in [2.45, 2.75) is 6.42 Å². The molecule has 0 aromatic heterocycles. The maximum Gasteiger partial charge on any atom is 0.317 e. The molecule has 1 saturated heterocycles. The van der Waals surface area contributed by atoms with Crippen LogP contribution < -0.4 is 5.73 Å². The van der Waals surface area contributed by atoms with Crippen LogP contribution in [0, 0.1) is 0 Å². The second kappa shape index (κ2) is 6.38. The second-order valence-electron chi connectivity index (χ2n) is 4.94. The van der Waals surface area contributed by atoms with Crippen LogP contribution in [0.2, 0.25) is 0 Å². The first kappa shape index (κ1) is 14.3. The van der Waals surface area contributed by atoms with Crippen molar-refractivity contribution in [3.05, 3.63) is 29.8 Å². The number of amides is 1. The standard InChI is InChI=1S/C14H19N3O3/c15-12-4-2-11(3-5-12)14(20)17-7-1-6-16(8-9-17)10-13(18)19/h2-5H,1,6-10,15H2,(H,18,19). The molecule has 6 heteroatoms. The second-order valence-corrected chi connectivity index (χ2v) is 4.94. The Balaban J connectivity index is 1.97. The van der Waals surface area contributed by atoms with E-state index in [0.29, 0.717) is 37.4 Å². The van der Waals surface area contributed by atoms with Gasteiger partial charge in [0.2, 0.25) is 0 Å². The van der Waals surface area contributed by atoms with E-state index in [9.17, 15) is 9.59 Å². The maximum atomic E-state index is 12.3. The summed E-state index contributed by atoms with van der Waals surface area (Å²) < 4.78 is 0. The average molecular weight is 277 g/mol. The van der Waals surface area contributed by atoms with Crippen LogP contribution >= 0.6 is 0 Å². The molecule has 1 aliphatic heterocycles. The molecule has 3 N–H and O–H groups in total. The molecule has 0 atom stereocenters. The summed E-state index contributed by atoms with van der Waals surface area (Å²) in [4.78, 5) is 26.7. The van der Waals surface area contributed by atoms with Gasteiger partial charge in [-0.15, -0.1) is 0 Å². The number of anilines is 1. The first-order chi connectivity index (χ1) is 9.56. The fourth-order valence-corrected chi connectivity index (χ4v) is 2.33. The van der Waals surface area contributed by atoms with E-state index in [1.165, 1.54) is 0 Å². The smallest absolute Gasteiger partial charge is 0.317 e. The summed E-state index contributed by atoms with van der Waals surface area (Å²) in [5.74, 6) is -0.856. The Morgan fingerprint density at radius 2 is 1.80 bits per heavy atom. The van der Waals surface area contributed by atoms with Crippen LogP contribution in [-0.4, -0.2) is 59.5 Å². The van der Waals surface area contributed by atoms with Gasteiger partial charge in [0.1, 0.15) is 0 Å². The predicted octanol–water partition coefficient (Wildman–Crippen LogP) is 0.501. The van der Waals surface area contributed by atoms with Gasteiger partial charge in [0.15, 0.2) is 0 Å². The Morgan fingerprint density at radius 1 is 1.10 bits per heavy atom. The van der Waals surface area contributed by atoms with Crippen LogP contribution in [0.5, 0.6) is 0 Å². The van der Waals surface area contributed by atoms with Crippen LogP contribution in [0.1, 0.15) is 16.8 Å². The highest BCUT2D eigenvalue weighted by Gasteiger charge is 2.21. The number of benzene rings is 1. The van der Waals surface area contributed by atoms with Crippen molar-refractivity contribution in [2.24, 2.45) is 0 Å². The minimum Gasteiger partial charge on any atom is -0.480 e. The van der Waals surface area contributed by atoms with Crippen molar-refractivity contribution >= 4 is 17.6 Å². The number of carboxylic acid groups (broad SMARTS) is 1. The lowest BCUT2D eigenvalue weighted by molar-refractivity contribution is -0.138. The van der Waals surface area contributed by atoms with Crippen molar-refractivity contribution in [3.8, 4) is 0 Å². The van der Waals surface area contributed by atoms with Gasteiger partial charge in [-0.2, -0.15) is 0 Å². The molecule has 6 nitrogen and oxygen atoms in total. The number of hydrogen-bond donors (Lipinski definition) is 2. The molecule has 0 saturated carbocycles. The van der Waals surface area contributed by atoms with Gasteiger partial charge >= 0.3 is 5.97 Å². The summed E-state index contributed by atoms with van der Waals surface area (Å²) in [6, 6.07) is 6.86. The summed E-state index contributed by atoms with van der Waals surface area (Å²) in [7, 11) is 0. The Morgan fingerprint density at radius 3 is 2.45 bits per heavy atom. The molecular weight excluding hydrogens is 258 g/mol. The van der Waals surface area contributed by atoms with Gasteiger partial charge in [-0.05, 0) is 30.7 Å². The van der Waals surface area contributed by atoms with Gasteiger partial charge in [-0.25, -0.2) is 0 Å². The molecule has 0 unspecified atom stereocenters. The molecule has 1 aliphatic rings. The number of carbonyl (C=O) groups is 2. The summed E-state index contributed by atoms with van der Waals surface area (Å²) in [5.41, 5.74) is 6.85. The van der Waals surface area contributed by atoms with Crippen molar-refractivity contribution in [1.29, 1.82) is 0 Å². The first-order valence-electron chi connectivity index (χ1n) is 6.65. The molecule has 1 heterocycles. The van der Waals surface area contributed by atoms with E-state index < -0.39 is 5.97 Å². The topological polar surface area (TPSA) is 86.9 Å². The lowest BCUT2D eigenvalue weighted by atomic mass is 10.2. The predicted molar refractivity (Wildman–Crippen MR) is 75.5 cm³/mol. The van der Waals surface area contributed by atoms with E-state index >= 15 is 0 Å². The zero-order chi connectivity index (χ0) is 14.5. The highest BCUT2D eigenvalue weighted by atomic mass is 16.4. The normalized spacial score (nSPS) is 16.7. The third-order valence-corrected chi connectivity index (χ3v) is 3.39. The van der Waals surface area contributed by atoms with E-state index in [0.717, 1.165) is 6.42 Å². The summed E-state index contributed by atoms with van der Waals surface area (Å²) >= 11 is 0. The minimum absolute atomic E-state index is 0.0258. The Bertz CT molecular complexity index is 487. The van der Waals surface area contributed by atoms with Crippen LogP contribution in [0.3, 0.4) is 0 Å². The number of rotatable bonds is 3. The van der Waals surface area contributed by atoms with Crippen LogP contribution in [0.25, 0.3) is 0 Å². The Hall–Kier alpha value is -2.08. The quantitative estimate of drug-likeness (QED) is 0.786. The van der Waals surface area contributed by atoms with Gasteiger partial charge in [0, 0.05) is 37.4 Å². The lowest BCUT2D eigenvalue weighted by Crippen LogP contribution is -2.36. The van der Waals surface area contributed by atoms with E-state index in [2.05, 4.69) is 0 Å². The molecule has 1 aromatic rings. The number of carbonyl (C=O) groups excluding carboxylic acids is 1. The molecule has 2 rings (SSSR count). The highest BCUT2D eigenvalue weighted by molar-refractivity contribution is 5.94. The van der Waals surface area contributed by atoms with E-state index in [-0.39, 0.29) is 12.5 Å². The van der Waals surface area contributed by atoms with Crippen LogP contribution in [-0.2, 0) is 4.79 Å². The highest BCUT2D eigenvalue weighted by Crippen LogP contribution is 2.11. The molecule has 1 amide bonds. The number of nitrogens with two attached hydrogens (primary N) is 1. The first-order valence-corrected chi connectivity index (χ1v) is 6.65. The monoisotopic (exact) mass is 277 g/mol.